The number of allylic oxidation sites excluding steroid dienone is 3. The molecule has 17 heavy (non-hydrogen) atoms. The molecule has 0 fully saturated rings. The molecule has 0 unspecified atom stereocenters. The zero-order valence-electron chi connectivity index (χ0n) is 8.34. The smallest absolute Gasteiger partial charge is 0.312 e. The van der Waals surface area contributed by atoms with E-state index in [0.717, 1.165) is 0 Å². The highest BCUT2D eigenvalue weighted by atomic mass is 16.6. The van der Waals surface area contributed by atoms with Gasteiger partial charge in [0.25, 0.3) is 0 Å². The fraction of sp³-hybridized carbons (Fsp3) is 0. The number of hydrogen-bond acceptors (Lipinski definition) is 5. The highest BCUT2D eigenvalue weighted by Gasteiger charge is 2.26. The summed E-state index contributed by atoms with van der Waals surface area (Å²) in [4.78, 5) is 20.9. The van der Waals surface area contributed by atoms with E-state index in [0.29, 0.717) is 0 Å². The van der Waals surface area contributed by atoms with Crippen LogP contribution in [0.4, 0.5) is 5.69 Å². The van der Waals surface area contributed by atoms with Crippen LogP contribution in [-0.2, 0) is 4.79 Å². The maximum Gasteiger partial charge on any atom is 0.312 e. The molecular formula is C11H4N2O4. The molecule has 0 N–H and O–H groups in total. The summed E-state index contributed by atoms with van der Waals surface area (Å²) in [5.74, 6) is 1.35. The van der Waals surface area contributed by atoms with Crippen molar-refractivity contribution in [1.29, 1.82) is 5.26 Å². The predicted octanol–water partition coefficient (Wildman–Crippen LogP) is 1.61. The molecule has 0 saturated carbocycles. The monoisotopic (exact) mass is 228 g/mol. The number of ether oxygens (including phenoxy) is 1. The molecule has 1 heterocycles. The van der Waals surface area contributed by atoms with Gasteiger partial charge < -0.3 is 4.74 Å². The molecule has 0 atom stereocenters. The largest absolute Gasteiger partial charge is 0.438 e. The van der Waals surface area contributed by atoms with Crippen LogP contribution in [-0.4, -0.2) is 10.9 Å². The standard InChI is InChI=1S/C11H4N2O4/c12-5-8-4-7(6-14)9-2-1-3-10(13(15)16)11(9)17-8/h1-4H. The predicted molar refractivity (Wildman–Crippen MR) is 56.5 cm³/mol. The average molecular weight is 228 g/mol. The van der Waals surface area contributed by atoms with Crippen LogP contribution in [0.1, 0.15) is 5.56 Å². The third-order valence-corrected chi connectivity index (χ3v) is 2.19. The number of carbonyl (C=O) groups excluding carboxylic acids is 1. The summed E-state index contributed by atoms with van der Waals surface area (Å²) in [5, 5.41) is 19.5. The number of nitro groups is 1. The van der Waals surface area contributed by atoms with Crippen LogP contribution in [0.15, 0.2) is 30.0 Å². The lowest BCUT2D eigenvalue weighted by Crippen LogP contribution is -2.05. The fourth-order valence-corrected chi connectivity index (χ4v) is 1.48. The van der Waals surface area contributed by atoms with Gasteiger partial charge in [0.1, 0.15) is 12.0 Å². The zero-order chi connectivity index (χ0) is 12.4. The SMILES string of the molecule is N#CC1=CC(=C=O)c2cccc([N+](=O)[O-])c2O1. The molecule has 6 heteroatoms. The Bertz CT molecular complexity index is 633. The highest BCUT2D eigenvalue weighted by molar-refractivity contribution is 5.97. The minimum absolute atomic E-state index is 0.0616. The normalized spacial score (nSPS) is 12.6. The Labute approximate surface area is 95.2 Å². The number of para-hydroxylation sites is 1. The Hall–Kier alpha value is -2.90. The van der Waals surface area contributed by atoms with Gasteiger partial charge in [-0.05, 0) is 6.07 Å². The molecule has 1 aromatic carbocycles. The summed E-state index contributed by atoms with van der Waals surface area (Å²) in [6.45, 7) is 0. The van der Waals surface area contributed by atoms with Gasteiger partial charge in [0.05, 0.1) is 10.5 Å². The minimum Gasteiger partial charge on any atom is -0.438 e. The van der Waals surface area contributed by atoms with Gasteiger partial charge in [-0.15, -0.1) is 0 Å². The Morgan fingerprint density at radius 1 is 1.41 bits per heavy atom. The van der Waals surface area contributed by atoms with Crippen molar-refractivity contribution in [2.45, 2.75) is 0 Å². The van der Waals surface area contributed by atoms with E-state index in [1.807, 2.05) is 0 Å². The maximum absolute atomic E-state index is 10.8. The van der Waals surface area contributed by atoms with Crippen molar-refractivity contribution in [1.82, 2.24) is 0 Å². The molecule has 82 valence electrons. The van der Waals surface area contributed by atoms with Gasteiger partial charge in [0.15, 0.2) is 0 Å². The van der Waals surface area contributed by atoms with Crippen molar-refractivity contribution in [2.75, 3.05) is 0 Å². The fourth-order valence-electron chi connectivity index (χ4n) is 1.48. The summed E-state index contributed by atoms with van der Waals surface area (Å²) in [6, 6.07) is 5.86. The molecule has 1 aliphatic rings. The van der Waals surface area contributed by atoms with E-state index in [9.17, 15) is 14.9 Å². The maximum atomic E-state index is 10.8. The molecule has 1 aromatic rings. The number of hydrogen-bond donors (Lipinski definition) is 0. The first kappa shape index (κ1) is 10.6. The van der Waals surface area contributed by atoms with Gasteiger partial charge >= 0.3 is 5.69 Å². The second-order valence-electron chi connectivity index (χ2n) is 3.15. The van der Waals surface area contributed by atoms with Crippen LogP contribution < -0.4 is 4.74 Å². The molecule has 0 aliphatic carbocycles. The van der Waals surface area contributed by atoms with Crippen molar-refractivity contribution in [2.24, 2.45) is 0 Å². The Balaban J connectivity index is 2.72. The van der Waals surface area contributed by atoms with E-state index in [2.05, 4.69) is 0 Å². The van der Waals surface area contributed by atoms with E-state index in [-0.39, 0.29) is 28.3 Å². The van der Waals surface area contributed by atoms with Crippen LogP contribution in [0, 0.1) is 21.4 Å². The van der Waals surface area contributed by atoms with E-state index >= 15 is 0 Å². The average Bonchev–Trinajstić information content (AvgIpc) is 2.36. The lowest BCUT2D eigenvalue weighted by molar-refractivity contribution is -0.385. The molecule has 0 bridgehead atoms. The van der Waals surface area contributed by atoms with E-state index in [1.165, 1.54) is 24.3 Å². The van der Waals surface area contributed by atoms with Crippen molar-refractivity contribution < 1.29 is 14.5 Å². The van der Waals surface area contributed by atoms with E-state index in [4.69, 9.17) is 10.00 Å². The Morgan fingerprint density at radius 2 is 2.18 bits per heavy atom. The molecule has 0 radical (unpaired) electrons. The van der Waals surface area contributed by atoms with Crippen LogP contribution in [0.2, 0.25) is 0 Å². The lowest BCUT2D eigenvalue weighted by atomic mass is 10.0. The Morgan fingerprint density at radius 3 is 2.76 bits per heavy atom. The number of benzene rings is 1. The van der Waals surface area contributed by atoms with Crippen LogP contribution in [0.5, 0.6) is 5.75 Å². The van der Waals surface area contributed by atoms with Gasteiger partial charge in [0, 0.05) is 17.7 Å². The summed E-state index contributed by atoms with van der Waals surface area (Å²) < 4.78 is 5.06. The second kappa shape index (κ2) is 3.93. The summed E-state index contributed by atoms with van der Waals surface area (Å²) in [6.07, 6.45) is 1.19. The van der Waals surface area contributed by atoms with Crippen molar-refractivity contribution in [3.05, 3.63) is 45.7 Å². The minimum atomic E-state index is -0.637. The summed E-state index contributed by atoms with van der Waals surface area (Å²) in [5.41, 5.74) is 0.0239. The first-order valence-corrected chi connectivity index (χ1v) is 4.50. The number of fused-ring (bicyclic) bond motifs is 1. The zero-order valence-corrected chi connectivity index (χ0v) is 8.34. The summed E-state index contributed by atoms with van der Waals surface area (Å²) >= 11 is 0. The van der Waals surface area contributed by atoms with Gasteiger partial charge in [0.2, 0.25) is 11.5 Å². The molecule has 0 aromatic heterocycles. The lowest BCUT2D eigenvalue weighted by Gasteiger charge is -2.14. The second-order valence-corrected chi connectivity index (χ2v) is 3.15. The van der Waals surface area contributed by atoms with E-state index in [1.54, 1.807) is 12.0 Å². The topological polar surface area (TPSA) is 93.2 Å². The molecule has 0 amide bonds. The third kappa shape index (κ3) is 1.67. The molecule has 2 rings (SSSR count). The molecular weight excluding hydrogens is 224 g/mol. The van der Waals surface area contributed by atoms with E-state index < -0.39 is 4.92 Å². The number of nitriles is 1. The van der Waals surface area contributed by atoms with Gasteiger partial charge in [-0.1, -0.05) is 6.07 Å². The quantitative estimate of drug-likeness (QED) is 0.413. The summed E-state index contributed by atoms with van der Waals surface area (Å²) in [7, 11) is 0. The molecule has 0 spiro atoms. The third-order valence-electron chi connectivity index (χ3n) is 2.19. The molecule has 0 saturated heterocycles. The Kier molecular flexibility index (Phi) is 2.45. The van der Waals surface area contributed by atoms with Crippen molar-refractivity contribution >= 4 is 17.2 Å². The van der Waals surface area contributed by atoms with Crippen LogP contribution >= 0.6 is 0 Å². The van der Waals surface area contributed by atoms with Crippen LogP contribution in [0.25, 0.3) is 5.57 Å². The van der Waals surface area contributed by atoms with Crippen LogP contribution in [0.3, 0.4) is 0 Å². The van der Waals surface area contributed by atoms with Gasteiger partial charge in [-0.2, -0.15) is 5.26 Å². The van der Waals surface area contributed by atoms with Gasteiger partial charge in [-0.25, -0.2) is 4.79 Å². The van der Waals surface area contributed by atoms with Crippen molar-refractivity contribution in [3.63, 3.8) is 0 Å². The molecule has 6 nitrogen and oxygen atoms in total. The number of nitro benzene ring substituents is 1. The first-order chi connectivity index (χ1) is 8.17. The highest BCUT2D eigenvalue weighted by Crippen LogP contribution is 2.39. The van der Waals surface area contributed by atoms with Gasteiger partial charge in [-0.3, -0.25) is 10.1 Å². The molecule has 1 aliphatic heterocycles. The number of rotatable bonds is 1. The van der Waals surface area contributed by atoms with Crippen molar-refractivity contribution in [3.8, 4) is 11.8 Å². The number of nitrogens with zero attached hydrogens (tertiary/aromatic N) is 2. The first-order valence-electron chi connectivity index (χ1n) is 4.50.